The Labute approximate surface area is 178 Å². The summed E-state index contributed by atoms with van der Waals surface area (Å²) in [5, 5.41) is 19.9. The first-order valence-corrected chi connectivity index (χ1v) is 9.72. The van der Waals surface area contributed by atoms with Crippen LogP contribution in [0.1, 0.15) is 35.8 Å². The van der Waals surface area contributed by atoms with Crippen molar-refractivity contribution in [2.24, 2.45) is 0 Å². The lowest BCUT2D eigenvalue weighted by molar-refractivity contribution is -0.113. The summed E-state index contributed by atoms with van der Waals surface area (Å²) in [6.07, 6.45) is 1.41. The molecule has 1 aliphatic rings. The van der Waals surface area contributed by atoms with E-state index in [0.717, 1.165) is 5.56 Å². The Balaban J connectivity index is 1.63. The number of aromatic hydroxyl groups is 1. The number of aromatic nitrogens is 3. The van der Waals surface area contributed by atoms with E-state index in [0.29, 0.717) is 35.1 Å². The molecule has 1 aromatic heterocycles. The predicted molar refractivity (Wildman–Crippen MR) is 114 cm³/mol. The lowest BCUT2D eigenvalue weighted by atomic mass is 9.95. The average Bonchev–Trinajstić information content (AvgIpc) is 3.22. The van der Waals surface area contributed by atoms with Gasteiger partial charge in [0.25, 0.3) is 5.91 Å². The summed E-state index contributed by atoms with van der Waals surface area (Å²) >= 11 is 0. The molecule has 9 nitrogen and oxygen atoms in total. The van der Waals surface area contributed by atoms with Crippen molar-refractivity contribution in [1.82, 2.24) is 14.8 Å². The molecule has 3 aromatic rings. The number of nitrogens with one attached hydrogen (secondary N) is 2. The van der Waals surface area contributed by atoms with Gasteiger partial charge in [0.2, 0.25) is 5.95 Å². The van der Waals surface area contributed by atoms with Crippen LogP contribution in [0.2, 0.25) is 0 Å². The molecule has 1 amide bonds. The van der Waals surface area contributed by atoms with Crippen molar-refractivity contribution >= 4 is 23.5 Å². The number of esters is 1. The molecule has 0 radical (unpaired) electrons. The van der Waals surface area contributed by atoms with Crippen molar-refractivity contribution in [1.29, 1.82) is 0 Å². The summed E-state index contributed by atoms with van der Waals surface area (Å²) in [4.78, 5) is 29.3. The number of benzene rings is 2. The predicted octanol–water partition coefficient (Wildman–Crippen LogP) is 3.09. The molecule has 31 heavy (non-hydrogen) atoms. The standard InChI is InChI=1S/C22H21N5O4/c1-3-31-21(30)15-4-8-16(9-5-15)26-20(29)18-13(2)25-22-23-12-24-27(22)19(18)14-6-10-17(28)11-7-14/h4-12,19,28H,3H2,1-2H3,(H,26,29)(H,23,24,25)/t19-/m1/s1. The van der Waals surface area contributed by atoms with Crippen LogP contribution in [0.15, 0.2) is 66.1 Å². The molecular formula is C22H21N5O4. The van der Waals surface area contributed by atoms with Gasteiger partial charge in [0.05, 0.1) is 17.7 Å². The van der Waals surface area contributed by atoms with Gasteiger partial charge in [0.15, 0.2) is 0 Å². The molecule has 3 N–H and O–H groups in total. The zero-order valence-corrected chi connectivity index (χ0v) is 17.0. The van der Waals surface area contributed by atoms with Gasteiger partial charge in [-0.2, -0.15) is 10.1 Å². The second kappa shape index (κ2) is 8.31. The van der Waals surface area contributed by atoms with Crippen LogP contribution in [0.4, 0.5) is 11.6 Å². The first-order valence-electron chi connectivity index (χ1n) is 9.72. The number of carbonyl (C=O) groups excluding carboxylic acids is 2. The second-order valence-corrected chi connectivity index (χ2v) is 6.94. The number of hydrogen-bond acceptors (Lipinski definition) is 7. The summed E-state index contributed by atoms with van der Waals surface area (Å²) in [7, 11) is 0. The molecule has 0 saturated carbocycles. The summed E-state index contributed by atoms with van der Waals surface area (Å²) < 4.78 is 6.60. The van der Waals surface area contributed by atoms with E-state index in [4.69, 9.17) is 4.74 Å². The molecule has 1 aliphatic heterocycles. The first kappa shape index (κ1) is 20.1. The van der Waals surface area contributed by atoms with Crippen LogP contribution in [-0.4, -0.2) is 38.4 Å². The highest BCUT2D eigenvalue weighted by Crippen LogP contribution is 2.35. The molecule has 1 atom stereocenters. The van der Waals surface area contributed by atoms with Crippen LogP contribution < -0.4 is 10.6 Å². The second-order valence-electron chi connectivity index (χ2n) is 6.94. The van der Waals surface area contributed by atoms with E-state index in [1.165, 1.54) is 6.33 Å². The van der Waals surface area contributed by atoms with Crippen LogP contribution >= 0.6 is 0 Å². The Hall–Kier alpha value is -4.14. The molecule has 0 unspecified atom stereocenters. The van der Waals surface area contributed by atoms with Gasteiger partial charge in [0.1, 0.15) is 18.1 Å². The third-order valence-electron chi connectivity index (χ3n) is 4.90. The van der Waals surface area contributed by atoms with E-state index < -0.39 is 12.0 Å². The summed E-state index contributed by atoms with van der Waals surface area (Å²) in [5.74, 6) is -0.0922. The van der Waals surface area contributed by atoms with Gasteiger partial charge >= 0.3 is 5.97 Å². The largest absolute Gasteiger partial charge is 0.508 e. The fraction of sp³-hybridized carbons (Fsp3) is 0.182. The van der Waals surface area contributed by atoms with Crippen molar-refractivity contribution < 1.29 is 19.4 Å². The zero-order valence-electron chi connectivity index (χ0n) is 17.0. The van der Waals surface area contributed by atoms with Gasteiger partial charge < -0.3 is 20.5 Å². The van der Waals surface area contributed by atoms with Crippen molar-refractivity contribution in [3.05, 3.63) is 77.3 Å². The lowest BCUT2D eigenvalue weighted by Gasteiger charge is -2.28. The number of anilines is 2. The monoisotopic (exact) mass is 419 g/mol. The van der Waals surface area contributed by atoms with Gasteiger partial charge in [-0.3, -0.25) is 4.79 Å². The number of phenols is 1. The molecule has 158 valence electrons. The summed E-state index contributed by atoms with van der Waals surface area (Å²) in [6, 6.07) is 12.6. The van der Waals surface area contributed by atoms with Gasteiger partial charge in [-0.05, 0) is 55.8 Å². The molecule has 0 aliphatic carbocycles. The van der Waals surface area contributed by atoms with Crippen molar-refractivity contribution in [2.45, 2.75) is 19.9 Å². The Kier molecular flexibility index (Phi) is 5.40. The number of fused-ring (bicyclic) bond motifs is 1. The lowest BCUT2D eigenvalue weighted by Crippen LogP contribution is -2.31. The van der Waals surface area contributed by atoms with E-state index in [1.807, 2.05) is 0 Å². The fourth-order valence-corrected chi connectivity index (χ4v) is 3.45. The average molecular weight is 419 g/mol. The maximum Gasteiger partial charge on any atom is 0.338 e. The van der Waals surface area contributed by atoms with Gasteiger partial charge in [0, 0.05) is 11.4 Å². The minimum Gasteiger partial charge on any atom is -0.508 e. The minimum atomic E-state index is -0.529. The van der Waals surface area contributed by atoms with Gasteiger partial charge in [-0.25, -0.2) is 9.48 Å². The Morgan fingerprint density at radius 3 is 2.55 bits per heavy atom. The van der Waals surface area contributed by atoms with Crippen LogP contribution in [0, 0.1) is 0 Å². The SMILES string of the molecule is CCOC(=O)c1ccc(NC(=O)C2=C(C)Nc3ncnn3[C@@H]2c2ccc(O)cc2)cc1. The minimum absolute atomic E-state index is 0.130. The van der Waals surface area contributed by atoms with Crippen LogP contribution in [0.3, 0.4) is 0 Å². The number of nitrogens with zero attached hydrogens (tertiary/aromatic N) is 3. The Morgan fingerprint density at radius 1 is 1.16 bits per heavy atom. The number of ether oxygens (including phenoxy) is 1. The van der Waals surface area contributed by atoms with Crippen molar-refractivity contribution in [2.75, 3.05) is 17.2 Å². The van der Waals surface area contributed by atoms with E-state index in [2.05, 4.69) is 20.7 Å². The fourth-order valence-electron chi connectivity index (χ4n) is 3.45. The molecule has 0 saturated heterocycles. The maximum atomic E-state index is 13.3. The molecule has 4 rings (SSSR count). The first-order chi connectivity index (χ1) is 15.0. The van der Waals surface area contributed by atoms with Crippen LogP contribution in [0.25, 0.3) is 0 Å². The van der Waals surface area contributed by atoms with Gasteiger partial charge in [-0.15, -0.1) is 0 Å². The molecule has 2 aromatic carbocycles. The number of allylic oxidation sites excluding steroid dienone is 1. The third-order valence-corrected chi connectivity index (χ3v) is 4.90. The highest BCUT2D eigenvalue weighted by atomic mass is 16.5. The maximum absolute atomic E-state index is 13.3. The highest BCUT2D eigenvalue weighted by molar-refractivity contribution is 6.06. The zero-order chi connectivity index (χ0) is 22.0. The smallest absolute Gasteiger partial charge is 0.338 e. The van der Waals surface area contributed by atoms with Gasteiger partial charge in [-0.1, -0.05) is 12.1 Å². The Morgan fingerprint density at radius 2 is 1.87 bits per heavy atom. The van der Waals surface area contributed by atoms with E-state index in [9.17, 15) is 14.7 Å². The van der Waals surface area contributed by atoms with Crippen LogP contribution in [-0.2, 0) is 9.53 Å². The molecule has 2 heterocycles. The quantitative estimate of drug-likeness (QED) is 0.544. The number of hydrogen-bond donors (Lipinski definition) is 3. The van der Waals surface area contributed by atoms with Crippen LogP contribution in [0.5, 0.6) is 5.75 Å². The molecule has 0 bridgehead atoms. The molecule has 9 heteroatoms. The molecule has 0 fully saturated rings. The number of rotatable bonds is 5. The number of amides is 1. The topological polar surface area (TPSA) is 118 Å². The highest BCUT2D eigenvalue weighted by Gasteiger charge is 2.33. The number of phenolic OH excluding ortho intramolecular Hbond substituents is 1. The third kappa shape index (κ3) is 3.97. The molecule has 0 spiro atoms. The normalized spacial score (nSPS) is 15.1. The summed E-state index contributed by atoms with van der Waals surface area (Å²) in [6.45, 7) is 3.83. The Bertz CT molecular complexity index is 1150. The summed E-state index contributed by atoms with van der Waals surface area (Å²) in [5.41, 5.74) is 2.81. The van der Waals surface area contributed by atoms with Crippen molar-refractivity contribution in [3.8, 4) is 5.75 Å². The van der Waals surface area contributed by atoms with E-state index >= 15 is 0 Å². The molecular weight excluding hydrogens is 398 g/mol. The van der Waals surface area contributed by atoms with Crippen molar-refractivity contribution in [3.63, 3.8) is 0 Å². The van der Waals surface area contributed by atoms with E-state index in [-0.39, 0.29) is 11.7 Å². The van der Waals surface area contributed by atoms with E-state index in [1.54, 1.807) is 67.1 Å². The number of carbonyl (C=O) groups is 2.